The van der Waals surface area contributed by atoms with Crippen molar-refractivity contribution < 1.29 is 4.79 Å². The number of aromatic nitrogens is 3. The highest BCUT2D eigenvalue weighted by atomic mass is 32.1. The van der Waals surface area contributed by atoms with Crippen LogP contribution < -0.4 is 10.6 Å². The van der Waals surface area contributed by atoms with E-state index in [2.05, 4.69) is 20.7 Å². The lowest BCUT2D eigenvalue weighted by molar-refractivity contribution is 0.0930. The van der Waals surface area contributed by atoms with E-state index in [4.69, 9.17) is 0 Å². The number of hydrogen-bond donors (Lipinski definition) is 2. The Morgan fingerprint density at radius 2 is 2.38 bits per heavy atom. The van der Waals surface area contributed by atoms with Crippen molar-refractivity contribution in [1.82, 2.24) is 25.2 Å². The first-order valence-corrected chi connectivity index (χ1v) is 8.96. The van der Waals surface area contributed by atoms with Crippen molar-refractivity contribution >= 4 is 22.8 Å². The average molecular weight is 341 g/mol. The summed E-state index contributed by atoms with van der Waals surface area (Å²) in [6.45, 7) is 3.86. The predicted octanol–water partition coefficient (Wildman–Crippen LogP) is 2.25. The van der Waals surface area contributed by atoms with Crippen molar-refractivity contribution in [3.05, 3.63) is 40.5 Å². The van der Waals surface area contributed by atoms with Crippen LogP contribution in [0.15, 0.2) is 30.6 Å². The van der Waals surface area contributed by atoms with Gasteiger partial charge in [0.15, 0.2) is 5.01 Å². The topological polar surface area (TPSA) is 71.3 Å². The van der Waals surface area contributed by atoms with Gasteiger partial charge in [-0.05, 0) is 38.4 Å². The van der Waals surface area contributed by atoms with Crippen LogP contribution in [0.5, 0.6) is 0 Å². The third-order valence-electron chi connectivity index (χ3n) is 4.30. The molecule has 1 amide bonds. The van der Waals surface area contributed by atoms with Crippen molar-refractivity contribution in [2.75, 3.05) is 13.1 Å². The minimum Gasteiger partial charge on any atom is -0.346 e. The van der Waals surface area contributed by atoms with Gasteiger partial charge in [-0.15, -0.1) is 11.3 Å². The second kappa shape index (κ2) is 6.33. The molecule has 1 aliphatic rings. The summed E-state index contributed by atoms with van der Waals surface area (Å²) in [6.07, 6.45) is 5.83. The Morgan fingerprint density at radius 3 is 3.21 bits per heavy atom. The van der Waals surface area contributed by atoms with Gasteiger partial charge in [-0.25, -0.2) is 9.50 Å². The summed E-state index contributed by atoms with van der Waals surface area (Å²) >= 11 is 1.44. The Bertz CT molecular complexity index is 878. The van der Waals surface area contributed by atoms with Crippen molar-refractivity contribution in [3.63, 3.8) is 0 Å². The zero-order valence-corrected chi connectivity index (χ0v) is 14.3. The van der Waals surface area contributed by atoms with Gasteiger partial charge in [0, 0.05) is 29.2 Å². The highest BCUT2D eigenvalue weighted by Gasteiger charge is 2.21. The van der Waals surface area contributed by atoms with E-state index in [1.54, 1.807) is 0 Å². The number of amides is 1. The number of nitrogens with zero attached hydrogens (tertiary/aromatic N) is 3. The molecule has 4 rings (SSSR count). The lowest BCUT2D eigenvalue weighted by atomic mass is 10.1. The maximum Gasteiger partial charge on any atom is 0.280 e. The molecule has 1 fully saturated rings. The molecule has 0 aromatic carbocycles. The van der Waals surface area contributed by atoms with E-state index in [1.807, 2.05) is 42.0 Å². The average Bonchev–Trinajstić information content (AvgIpc) is 3.19. The summed E-state index contributed by atoms with van der Waals surface area (Å²) in [4.78, 5) is 18.1. The number of fused-ring (bicyclic) bond motifs is 1. The van der Waals surface area contributed by atoms with Gasteiger partial charge in [0.2, 0.25) is 0 Å². The summed E-state index contributed by atoms with van der Waals surface area (Å²) < 4.78 is 1.82. The third-order valence-corrected chi connectivity index (χ3v) is 5.27. The Kier molecular flexibility index (Phi) is 4.03. The smallest absolute Gasteiger partial charge is 0.280 e. The van der Waals surface area contributed by atoms with Crippen LogP contribution in [0.1, 0.15) is 27.5 Å². The van der Waals surface area contributed by atoms with Crippen LogP contribution in [-0.2, 0) is 0 Å². The largest absolute Gasteiger partial charge is 0.346 e. The monoisotopic (exact) mass is 341 g/mol. The van der Waals surface area contributed by atoms with Crippen LogP contribution in [0, 0.1) is 6.92 Å². The molecule has 3 aromatic rings. The zero-order chi connectivity index (χ0) is 16.5. The summed E-state index contributed by atoms with van der Waals surface area (Å²) in [5.41, 5.74) is 2.80. The van der Waals surface area contributed by atoms with Gasteiger partial charge in [-0.2, -0.15) is 5.10 Å². The molecule has 0 radical (unpaired) electrons. The molecule has 0 spiro atoms. The van der Waals surface area contributed by atoms with Gasteiger partial charge in [-0.3, -0.25) is 4.79 Å². The molecule has 1 atom stereocenters. The first-order valence-electron chi connectivity index (χ1n) is 8.14. The van der Waals surface area contributed by atoms with E-state index in [9.17, 15) is 4.79 Å². The van der Waals surface area contributed by atoms with Crippen LogP contribution in [0.3, 0.4) is 0 Å². The molecular weight excluding hydrogens is 322 g/mol. The molecular formula is C17H19N5OS. The summed E-state index contributed by atoms with van der Waals surface area (Å²) in [5, 5.41) is 11.3. The summed E-state index contributed by atoms with van der Waals surface area (Å²) in [6, 6.07) is 6.12. The van der Waals surface area contributed by atoms with Crippen molar-refractivity contribution in [3.8, 4) is 11.3 Å². The van der Waals surface area contributed by atoms with Crippen molar-refractivity contribution in [2.45, 2.75) is 25.8 Å². The quantitative estimate of drug-likeness (QED) is 0.766. The molecule has 0 aliphatic carbocycles. The molecule has 3 aromatic heterocycles. The first kappa shape index (κ1) is 15.3. The van der Waals surface area contributed by atoms with E-state index in [1.165, 1.54) is 11.3 Å². The van der Waals surface area contributed by atoms with Crippen LogP contribution in [0.2, 0.25) is 0 Å². The number of piperidine rings is 1. The lowest BCUT2D eigenvalue weighted by Gasteiger charge is -2.23. The number of aryl methyl sites for hydroxylation is 1. The molecule has 1 unspecified atom stereocenters. The molecule has 7 heteroatoms. The third kappa shape index (κ3) is 2.81. The van der Waals surface area contributed by atoms with E-state index in [0.29, 0.717) is 5.01 Å². The number of hydrogen-bond acceptors (Lipinski definition) is 5. The van der Waals surface area contributed by atoms with Gasteiger partial charge in [-0.1, -0.05) is 6.07 Å². The number of thiazole rings is 1. The predicted molar refractivity (Wildman–Crippen MR) is 94.4 cm³/mol. The molecule has 0 saturated carbocycles. The van der Waals surface area contributed by atoms with Gasteiger partial charge >= 0.3 is 0 Å². The molecule has 6 nitrogen and oxygen atoms in total. The Morgan fingerprint density at radius 1 is 1.46 bits per heavy atom. The standard InChI is InChI=1S/C17H19N5OS/c1-11-15(13-10-19-22-8-3-2-6-14(13)22)21-17(24-11)16(23)20-12-5-4-7-18-9-12/h2-3,6,8,10,12,18H,4-5,7,9H2,1H3,(H,20,23). The normalized spacial score (nSPS) is 18.0. The highest BCUT2D eigenvalue weighted by molar-refractivity contribution is 7.14. The Labute approximate surface area is 143 Å². The molecule has 124 valence electrons. The lowest BCUT2D eigenvalue weighted by Crippen LogP contribution is -2.45. The van der Waals surface area contributed by atoms with Crippen LogP contribution >= 0.6 is 11.3 Å². The second-order valence-corrected chi connectivity index (χ2v) is 7.23. The summed E-state index contributed by atoms with van der Waals surface area (Å²) in [5.74, 6) is -0.0838. The molecule has 1 aliphatic heterocycles. The van der Waals surface area contributed by atoms with Crippen LogP contribution in [-0.4, -0.2) is 39.6 Å². The van der Waals surface area contributed by atoms with Crippen LogP contribution in [0.4, 0.5) is 0 Å². The molecule has 2 N–H and O–H groups in total. The Hall–Kier alpha value is -2.25. The molecule has 4 heterocycles. The fourth-order valence-electron chi connectivity index (χ4n) is 3.08. The van der Waals surface area contributed by atoms with E-state index in [0.717, 1.165) is 47.6 Å². The second-order valence-electron chi connectivity index (χ2n) is 6.03. The van der Waals surface area contributed by atoms with Gasteiger partial charge < -0.3 is 10.6 Å². The molecule has 0 bridgehead atoms. The maximum atomic E-state index is 12.5. The SMILES string of the molecule is Cc1sc(C(=O)NC2CCCNC2)nc1-c1cnn2ccccc12. The molecule has 1 saturated heterocycles. The van der Waals surface area contributed by atoms with Gasteiger partial charge in [0.25, 0.3) is 5.91 Å². The Balaban J connectivity index is 1.61. The highest BCUT2D eigenvalue weighted by Crippen LogP contribution is 2.30. The number of pyridine rings is 1. The number of carbonyl (C=O) groups excluding carboxylic acids is 1. The van der Waals surface area contributed by atoms with E-state index in [-0.39, 0.29) is 11.9 Å². The fourth-order valence-corrected chi connectivity index (χ4v) is 3.91. The molecule has 24 heavy (non-hydrogen) atoms. The first-order chi connectivity index (χ1) is 11.7. The van der Waals surface area contributed by atoms with Gasteiger partial charge in [0.1, 0.15) is 0 Å². The minimum absolute atomic E-state index is 0.0838. The van der Waals surface area contributed by atoms with Crippen molar-refractivity contribution in [2.24, 2.45) is 0 Å². The zero-order valence-electron chi connectivity index (χ0n) is 13.5. The van der Waals surface area contributed by atoms with E-state index >= 15 is 0 Å². The number of nitrogens with one attached hydrogen (secondary N) is 2. The van der Waals surface area contributed by atoms with Gasteiger partial charge in [0.05, 0.1) is 17.4 Å². The fraction of sp³-hybridized carbons (Fsp3) is 0.353. The minimum atomic E-state index is -0.0838. The summed E-state index contributed by atoms with van der Waals surface area (Å²) in [7, 11) is 0. The van der Waals surface area contributed by atoms with Crippen LogP contribution in [0.25, 0.3) is 16.8 Å². The number of rotatable bonds is 3. The van der Waals surface area contributed by atoms with E-state index < -0.39 is 0 Å². The maximum absolute atomic E-state index is 12.5. The number of carbonyl (C=O) groups is 1. The van der Waals surface area contributed by atoms with Crippen molar-refractivity contribution in [1.29, 1.82) is 0 Å².